The number of aromatic nitrogens is 2. The van der Waals surface area contributed by atoms with E-state index in [0.29, 0.717) is 21.6 Å². The highest BCUT2D eigenvalue weighted by Crippen LogP contribution is 2.32. The van der Waals surface area contributed by atoms with Gasteiger partial charge in [-0.2, -0.15) is 18.3 Å². The Morgan fingerprint density at radius 1 is 1.19 bits per heavy atom. The first-order valence-electron chi connectivity index (χ1n) is 9.16. The molecular weight excluding hydrogens is 447 g/mol. The molecule has 3 rings (SSSR count). The lowest BCUT2D eigenvalue weighted by atomic mass is 10.2. The fourth-order valence-corrected chi connectivity index (χ4v) is 4.09. The number of hydrogen-bond acceptors (Lipinski definition) is 7. The summed E-state index contributed by atoms with van der Waals surface area (Å²) in [5, 5.41) is 16.8. The molecule has 0 saturated carbocycles. The number of halogens is 3. The molecule has 1 N–H and O–H groups in total. The lowest BCUT2D eigenvalue weighted by Gasteiger charge is -2.18. The zero-order valence-electron chi connectivity index (χ0n) is 16.3. The van der Waals surface area contributed by atoms with Crippen LogP contribution in [0.4, 0.5) is 24.0 Å². The number of amides is 1. The zero-order chi connectivity index (χ0) is 22.3. The first-order valence-corrected chi connectivity index (χ1v) is 11.0. The molecule has 3 aromatic rings. The smallest absolute Gasteiger partial charge is 0.360 e. The quantitative estimate of drug-likeness (QED) is 0.283. The lowest BCUT2D eigenvalue weighted by molar-refractivity contribution is -0.137. The summed E-state index contributed by atoms with van der Waals surface area (Å²) in [6, 6.07) is 13.5. The first kappa shape index (κ1) is 22.8. The highest BCUT2D eigenvalue weighted by Gasteiger charge is 2.31. The summed E-state index contributed by atoms with van der Waals surface area (Å²) in [6.45, 7) is 2.62. The van der Waals surface area contributed by atoms with E-state index in [2.05, 4.69) is 20.6 Å². The molecule has 162 valence electrons. The molecule has 0 aliphatic carbocycles. The van der Waals surface area contributed by atoms with E-state index in [4.69, 9.17) is 0 Å². The molecule has 0 aliphatic rings. The third-order valence-corrected chi connectivity index (χ3v) is 5.83. The number of anilines is 2. The van der Waals surface area contributed by atoms with Gasteiger partial charge in [0.1, 0.15) is 0 Å². The van der Waals surface area contributed by atoms with Crippen molar-refractivity contribution < 1.29 is 18.0 Å². The van der Waals surface area contributed by atoms with Gasteiger partial charge in [-0.1, -0.05) is 59.5 Å². The Hall–Kier alpha value is -2.92. The fraction of sp³-hybridized carbons (Fsp3) is 0.200. The number of nitrogens with one attached hydrogen (secondary N) is 1. The van der Waals surface area contributed by atoms with Crippen molar-refractivity contribution in [2.24, 2.45) is 5.10 Å². The minimum Gasteiger partial charge on any atom is -0.360 e. The maximum Gasteiger partial charge on any atom is 0.416 e. The average Bonchev–Trinajstić information content (AvgIpc) is 3.20. The lowest BCUT2D eigenvalue weighted by Crippen LogP contribution is -2.27. The van der Waals surface area contributed by atoms with Crippen LogP contribution in [0.3, 0.4) is 0 Å². The van der Waals surface area contributed by atoms with Crippen molar-refractivity contribution in [3.63, 3.8) is 0 Å². The molecule has 0 bridgehead atoms. The summed E-state index contributed by atoms with van der Waals surface area (Å²) >= 11 is 2.44. The van der Waals surface area contributed by atoms with Crippen molar-refractivity contribution in [1.82, 2.24) is 10.2 Å². The van der Waals surface area contributed by atoms with Gasteiger partial charge in [0.25, 0.3) is 5.91 Å². The molecule has 1 heterocycles. The molecule has 0 fully saturated rings. The number of rotatable bonds is 8. The van der Waals surface area contributed by atoms with Gasteiger partial charge in [0, 0.05) is 6.54 Å². The number of nitrogens with zero attached hydrogens (tertiary/aromatic N) is 4. The minimum absolute atomic E-state index is 0.0261. The van der Waals surface area contributed by atoms with Gasteiger partial charge in [0.15, 0.2) is 4.34 Å². The van der Waals surface area contributed by atoms with Gasteiger partial charge in [0.05, 0.1) is 23.2 Å². The topological polar surface area (TPSA) is 70.5 Å². The zero-order valence-corrected chi connectivity index (χ0v) is 18.0. The number of benzene rings is 2. The second-order valence-corrected chi connectivity index (χ2v) is 8.30. The molecule has 0 saturated heterocycles. The Labute approximate surface area is 185 Å². The van der Waals surface area contributed by atoms with Crippen molar-refractivity contribution in [3.05, 3.63) is 65.7 Å². The van der Waals surface area contributed by atoms with Crippen LogP contribution in [0.5, 0.6) is 0 Å². The Bertz CT molecular complexity index is 1040. The average molecular weight is 466 g/mol. The van der Waals surface area contributed by atoms with Crippen molar-refractivity contribution in [2.75, 3.05) is 22.6 Å². The molecule has 11 heteroatoms. The second-order valence-electron chi connectivity index (χ2n) is 6.10. The molecule has 1 amide bonds. The Morgan fingerprint density at radius 3 is 2.68 bits per heavy atom. The van der Waals surface area contributed by atoms with Crippen LogP contribution >= 0.6 is 23.1 Å². The van der Waals surface area contributed by atoms with E-state index < -0.39 is 17.6 Å². The van der Waals surface area contributed by atoms with E-state index in [0.717, 1.165) is 28.9 Å². The Kier molecular flexibility index (Phi) is 7.64. The molecule has 0 unspecified atom stereocenters. The Balaban J connectivity index is 1.82. The molecule has 6 nitrogen and oxygen atoms in total. The van der Waals surface area contributed by atoms with Gasteiger partial charge in [0.2, 0.25) is 5.13 Å². The van der Waals surface area contributed by atoms with Crippen LogP contribution in [0.1, 0.15) is 18.1 Å². The SMILES string of the molecule is CCNc1nnc(SCC(=O)N(/N=C/c2ccccc2)c2cccc(C(F)(F)F)c2)s1. The molecule has 0 aliphatic heterocycles. The predicted octanol–water partition coefficient (Wildman–Crippen LogP) is 5.15. The van der Waals surface area contributed by atoms with Crippen molar-refractivity contribution >= 4 is 46.0 Å². The molecule has 0 radical (unpaired) electrons. The second kappa shape index (κ2) is 10.4. The van der Waals surface area contributed by atoms with Gasteiger partial charge >= 0.3 is 6.18 Å². The van der Waals surface area contributed by atoms with Crippen molar-refractivity contribution in [2.45, 2.75) is 17.4 Å². The third kappa shape index (κ3) is 6.53. The number of hydrogen-bond donors (Lipinski definition) is 1. The van der Waals surface area contributed by atoms with E-state index in [-0.39, 0.29) is 11.4 Å². The highest BCUT2D eigenvalue weighted by atomic mass is 32.2. The molecule has 1 aromatic heterocycles. The fourth-order valence-electron chi connectivity index (χ4n) is 2.43. The summed E-state index contributed by atoms with van der Waals surface area (Å²) in [7, 11) is 0. The van der Waals surface area contributed by atoms with E-state index >= 15 is 0 Å². The number of carbonyl (C=O) groups excluding carboxylic acids is 1. The summed E-state index contributed by atoms with van der Waals surface area (Å²) in [4.78, 5) is 12.9. The summed E-state index contributed by atoms with van der Waals surface area (Å²) in [5.41, 5.74) is -0.123. The maximum atomic E-state index is 13.2. The van der Waals surface area contributed by atoms with Crippen LogP contribution < -0.4 is 10.3 Å². The monoisotopic (exact) mass is 465 g/mol. The molecular formula is C20H18F3N5OS2. The molecule has 0 spiro atoms. The summed E-state index contributed by atoms with van der Waals surface area (Å²) in [5.74, 6) is -0.555. The highest BCUT2D eigenvalue weighted by molar-refractivity contribution is 8.01. The van der Waals surface area contributed by atoms with E-state index in [9.17, 15) is 18.0 Å². The van der Waals surface area contributed by atoms with Crippen LogP contribution in [0.15, 0.2) is 64.0 Å². The Morgan fingerprint density at radius 2 is 1.97 bits per heavy atom. The van der Waals surface area contributed by atoms with Gasteiger partial charge in [-0.3, -0.25) is 4.79 Å². The standard InChI is InChI=1S/C20H18F3N5OS2/c1-2-24-18-26-27-19(31-18)30-13-17(29)28(25-12-14-7-4-3-5-8-14)16-10-6-9-15(11-16)20(21,22)23/h3-12H,2,13H2,1H3,(H,24,26)/b25-12+. The van der Waals surface area contributed by atoms with Gasteiger partial charge in [-0.25, -0.2) is 5.01 Å². The molecule has 2 aromatic carbocycles. The van der Waals surface area contributed by atoms with Crippen molar-refractivity contribution in [3.8, 4) is 0 Å². The van der Waals surface area contributed by atoms with E-state index in [1.165, 1.54) is 29.7 Å². The van der Waals surface area contributed by atoms with Crippen LogP contribution in [-0.4, -0.2) is 34.6 Å². The van der Waals surface area contributed by atoms with Crippen molar-refractivity contribution in [1.29, 1.82) is 0 Å². The number of carbonyl (C=O) groups is 1. The van der Waals surface area contributed by atoms with Crippen LogP contribution in [0.25, 0.3) is 0 Å². The van der Waals surface area contributed by atoms with E-state index in [1.54, 1.807) is 24.3 Å². The summed E-state index contributed by atoms with van der Waals surface area (Å²) < 4.78 is 40.0. The molecule has 31 heavy (non-hydrogen) atoms. The third-order valence-electron chi connectivity index (χ3n) is 3.83. The van der Waals surface area contributed by atoms with Gasteiger partial charge in [-0.05, 0) is 30.7 Å². The molecule has 0 atom stereocenters. The number of hydrazone groups is 1. The number of alkyl halides is 3. The van der Waals surface area contributed by atoms with E-state index in [1.807, 2.05) is 13.0 Å². The minimum atomic E-state index is -4.53. The number of thioether (sulfide) groups is 1. The van der Waals surface area contributed by atoms with Crippen LogP contribution in [-0.2, 0) is 11.0 Å². The van der Waals surface area contributed by atoms with Gasteiger partial charge in [-0.15, -0.1) is 10.2 Å². The normalized spacial score (nSPS) is 11.6. The van der Waals surface area contributed by atoms with Crippen LogP contribution in [0, 0.1) is 0 Å². The summed E-state index contributed by atoms with van der Waals surface area (Å²) in [6.07, 6.45) is -3.10. The largest absolute Gasteiger partial charge is 0.416 e. The van der Waals surface area contributed by atoms with Gasteiger partial charge < -0.3 is 5.32 Å². The van der Waals surface area contributed by atoms with Crippen LogP contribution in [0.2, 0.25) is 0 Å². The predicted molar refractivity (Wildman–Crippen MR) is 118 cm³/mol. The maximum absolute atomic E-state index is 13.2. The first-order chi connectivity index (χ1) is 14.9.